The lowest BCUT2D eigenvalue weighted by atomic mass is 9.96. The van der Waals surface area contributed by atoms with E-state index in [4.69, 9.17) is 15.2 Å². The highest BCUT2D eigenvalue weighted by Gasteiger charge is 2.32. The zero-order chi connectivity index (χ0) is 25.8. The van der Waals surface area contributed by atoms with Gasteiger partial charge in [0.25, 0.3) is 5.78 Å². The Balaban J connectivity index is 1.68. The molecule has 0 unspecified atom stereocenters. The van der Waals surface area contributed by atoms with E-state index in [1.54, 1.807) is 6.07 Å². The lowest BCUT2D eigenvalue weighted by molar-refractivity contribution is -0.741. The minimum absolute atomic E-state index is 0.0429. The van der Waals surface area contributed by atoms with Crippen LogP contribution in [-0.2, 0) is 7.05 Å². The minimum Gasteiger partial charge on any atom is -0.397 e. The summed E-state index contributed by atoms with van der Waals surface area (Å²) in [5.74, 6) is -2.16. The van der Waals surface area contributed by atoms with Gasteiger partial charge in [-0.05, 0) is 39.8 Å². The van der Waals surface area contributed by atoms with Crippen LogP contribution in [0.3, 0.4) is 0 Å². The molecule has 3 aromatic heterocycles. The molecule has 0 spiro atoms. The van der Waals surface area contributed by atoms with Crippen LogP contribution in [0, 0.1) is 11.6 Å². The van der Waals surface area contributed by atoms with Crippen LogP contribution in [0.1, 0.15) is 15.4 Å². The largest absolute Gasteiger partial charge is 0.438 e. The number of nitrogens with one attached hydrogen (secondary N) is 1. The van der Waals surface area contributed by atoms with Crippen LogP contribution >= 0.6 is 11.3 Å². The van der Waals surface area contributed by atoms with Gasteiger partial charge < -0.3 is 5.73 Å². The maximum atomic E-state index is 15.1. The number of anilines is 1. The molecule has 3 aromatic carbocycles. The van der Waals surface area contributed by atoms with Gasteiger partial charge in [-0.1, -0.05) is 47.1 Å². The number of aryl methyl sites for hydroxylation is 1. The van der Waals surface area contributed by atoms with Crippen molar-refractivity contribution in [3.63, 3.8) is 0 Å². The normalized spacial score (nSPS) is 11.4. The third kappa shape index (κ3) is 3.61. The van der Waals surface area contributed by atoms with E-state index in [0.29, 0.717) is 21.5 Å². The van der Waals surface area contributed by atoms with Crippen molar-refractivity contribution in [1.29, 1.82) is 0 Å². The Hall–Kier alpha value is -4.70. The van der Waals surface area contributed by atoms with Crippen LogP contribution in [0.25, 0.3) is 43.4 Å². The number of hydrogen-bond donors (Lipinski definition) is 2. The number of thiophene rings is 1. The fraction of sp³-hybridized carbons (Fsp3) is 0.0370. The van der Waals surface area contributed by atoms with Gasteiger partial charge in [-0.3, -0.25) is 9.32 Å². The van der Waals surface area contributed by atoms with Crippen molar-refractivity contribution in [3.8, 4) is 22.4 Å². The van der Waals surface area contributed by atoms with Gasteiger partial charge in [-0.15, -0.1) is 11.3 Å². The van der Waals surface area contributed by atoms with E-state index < -0.39 is 23.0 Å². The van der Waals surface area contributed by atoms with Gasteiger partial charge in [0.1, 0.15) is 21.3 Å². The Labute approximate surface area is 211 Å². The molecule has 182 valence electrons. The standard InChI is InChI=1S/C27H16F2N4O3S/c1-33-23(27(35)36-32-33)24(34)25-22(30)21-18(16-10-9-14(28)11-19(16)29)12-20(31-26(21)37-25)17-8-4-6-13-5-2-3-7-15(13)17/h2-12H,1H3,(H2-,30,32,34,35)/p+1. The maximum Gasteiger partial charge on any atom is 0.438 e. The van der Waals surface area contributed by atoms with Gasteiger partial charge in [-0.2, -0.15) is 0 Å². The first-order valence-electron chi connectivity index (χ1n) is 11.1. The number of carbonyl (C=O) groups excluding carboxylic acids is 1. The third-order valence-electron chi connectivity index (χ3n) is 6.21. The molecule has 0 bridgehead atoms. The van der Waals surface area contributed by atoms with Crippen LogP contribution < -0.4 is 16.0 Å². The first-order chi connectivity index (χ1) is 17.8. The van der Waals surface area contributed by atoms with Crippen LogP contribution in [0.2, 0.25) is 0 Å². The number of pyridine rings is 1. The Morgan fingerprint density at radius 3 is 2.57 bits per heavy atom. The molecule has 3 heterocycles. The molecular formula is C27H17F2N4O3S+. The van der Waals surface area contributed by atoms with Crippen molar-refractivity contribution in [1.82, 2.24) is 10.3 Å². The number of nitrogen functional groups attached to an aromatic ring is 1. The summed E-state index contributed by atoms with van der Waals surface area (Å²) < 4.78 is 34.7. The number of halogens is 2. The number of hydrogen-bond acceptors (Lipinski definition) is 6. The molecule has 7 nitrogen and oxygen atoms in total. The highest BCUT2D eigenvalue weighted by Crippen LogP contribution is 2.43. The quantitative estimate of drug-likeness (QED) is 0.254. The molecule has 0 saturated carbocycles. The Morgan fingerprint density at radius 1 is 1.03 bits per heavy atom. The lowest BCUT2D eigenvalue weighted by Gasteiger charge is -2.11. The van der Waals surface area contributed by atoms with Crippen molar-refractivity contribution in [2.75, 3.05) is 5.73 Å². The molecule has 0 radical (unpaired) electrons. The first kappa shape index (κ1) is 22.7. The number of aromatic amines is 1. The third-order valence-corrected chi connectivity index (χ3v) is 7.31. The number of fused-ring (bicyclic) bond motifs is 2. The summed E-state index contributed by atoms with van der Waals surface area (Å²) in [6.07, 6.45) is 0. The zero-order valence-corrected chi connectivity index (χ0v) is 20.0. The van der Waals surface area contributed by atoms with Crippen molar-refractivity contribution in [2.24, 2.45) is 7.05 Å². The highest BCUT2D eigenvalue weighted by atomic mass is 32.1. The zero-order valence-electron chi connectivity index (χ0n) is 19.2. The number of H-pyrrole nitrogens is 1. The van der Waals surface area contributed by atoms with E-state index in [9.17, 15) is 14.0 Å². The fourth-order valence-corrected chi connectivity index (χ4v) is 5.55. The predicted octanol–water partition coefficient (Wildman–Crippen LogP) is 4.98. The predicted molar refractivity (Wildman–Crippen MR) is 136 cm³/mol. The average molecular weight is 516 g/mol. The van der Waals surface area contributed by atoms with Crippen LogP contribution in [0.15, 0.2) is 76.0 Å². The molecule has 37 heavy (non-hydrogen) atoms. The van der Waals surface area contributed by atoms with E-state index in [1.807, 2.05) is 42.5 Å². The number of rotatable bonds is 4. The summed E-state index contributed by atoms with van der Waals surface area (Å²) in [7, 11) is 1.46. The summed E-state index contributed by atoms with van der Waals surface area (Å²) in [6, 6.07) is 18.5. The van der Waals surface area contributed by atoms with Crippen LogP contribution in [0.5, 0.6) is 0 Å². The minimum atomic E-state index is -0.849. The number of aromatic nitrogens is 3. The molecule has 6 aromatic rings. The van der Waals surface area contributed by atoms with E-state index in [1.165, 1.54) is 13.1 Å². The van der Waals surface area contributed by atoms with E-state index in [-0.39, 0.29) is 21.8 Å². The van der Waals surface area contributed by atoms with Crippen molar-refractivity contribution >= 4 is 43.8 Å². The van der Waals surface area contributed by atoms with E-state index >= 15 is 4.39 Å². The maximum absolute atomic E-state index is 15.1. The highest BCUT2D eigenvalue weighted by molar-refractivity contribution is 7.21. The van der Waals surface area contributed by atoms with E-state index in [0.717, 1.165) is 44.5 Å². The Bertz CT molecular complexity index is 1940. The molecule has 0 aliphatic heterocycles. The summed E-state index contributed by atoms with van der Waals surface area (Å²) in [4.78, 5) is 30.7. The van der Waals surface area contributed by atoms with Crippen molar-refractivity contribution < 1.29 is 22.8 Å². The van der Waals surface area contributed by atoms with Crippen LogP contribution in [0.4, 0.5) is 14.5 Å². The second-order valence-corrected chi connectivity index (χ2v) is 9.45. The molecule has 10 heteroatoms. The smallest absolute Gasteiger partial charge is 0.397 e. The van der Waals surface area contributed by atoms with Gasteiger partial charge in [0.2, 0.25) is 0 Å². The van der Waals surface area contributed by atoms with Gasteiger partial charge in [0.05, 0.1) is 11.4 Å². The summed E-state index contributed by atoms with van der Waals surface area (Å²) in [5, 5.41) is 4.57. The van der Waals surface area contributed by atoms with Gasteiger partial charge >= 0.3 is 11.3 Å². The molecule has 6 rings (SSSR count). The van der Waals surface area contributed by atoms with E-state index in [2.05, 4.69) is 5.27 Å². The summed E-state index contributed by atoms with van der Waals surface area (Å²) in [5.41, 5.74) is 7.16. The molecular weight excluding hydrogens is 498 g/mol. The first-order valence-corrected chi connectivity index (χ1v) is 11.9. The van der Waals surface area contributed by atoms with Crippen molar-refractivity contribution in [3.05, 3.63) is 99.4 Å². The van der Waals surface area contributed by atoms with Gasteiger partial charge in [-0.25, -0.2) is 18.6 Å². The summed E-state index contributed by atoms with van der Waals surface area (Å²) in [6.45, 7) is 0. The number of benzene rings is 3. The van der Waals surface area contributed by atoms with Crippen LogP contribution in [-0.4, -0.2) is 16.0 Å². The number of ketones is 1. The molecule has 0 aliphatic rings. The fourth-order valence-electron chi connectivity index (χ4n) is 4.49. The monoisotopic (exact) mass is 515 g/mol. The topological polar surface area (TPSA) is 106 Å². The molecule has 0 amide bonds. The Kier molecular flexibility index (Phi) is 5.20. The molecule has 0 saturated heterocycles. The Morgan fingerprint density at radius 2 is 1.81 bits per heavy atom. The van der Waals surface area contributed by atoms with Gasteiger partial charge in [0, 0.05) is 22.6 Å². The molecule has 0 atom stereocenters. The lowest BCUT2D eigenvalue weighted by Crippen LogP contribution is -2.39. The second-order valence-electron chi connectivity index (χ2n) is 8.45. The molecule has 0 aliphatic carbocycles. The van der Waals surface area contributed by atoms with Gasteiger partial charge in [0.15, 0.2) is 7.05 Å². The number of nitrogens with two attached hydrogens (primary N) is 1. The average Bonchev–Trinajstić information content (AvgIpc) is 3.41. The SMILES string of the molecule is C[n+]1[nH]oc(=O)c1C(=O)c1sc2nc(-c3cccc4ccccc34)cc(-c3ccc(F)cc3F)c2c1N. The number of carbonyl (C=O) groups is 1. The second kappa shape index (κ2) is 8.45. The van der Waals surface area contributed by atoms with Crippen molar-refractivity contribution in [2.45, 2.75) is 0 Å². The molecule has 3 N–H and O–H groups in total. The summed E-state index contributed by atoms with van der Waals surface area (Å²) >= 11 is 0.990. The number of nitrogens with zero attached hydrogens (tertiary/aromatic N) is 2. The molecule has 0 fully saturated rings.